The second-order valence-corrected chi connectivity index (χ2v) is 3.52. The zero-order valence-corrected chi connectivity index (χ0v) is 7.61. The molecule has 11 heavy (non-hydrogen) atoms. The van der Waals surface area contributed by atoms with E-state index in [4.69, 9.17) is 0 Å². The molecule has 56 valence electrons. The molecule has 0 unspecified atom stereocenters. The first-order chi connectivity index (χ1) is 5.36. The van der Waals surface area contributed by atoms with Crippen LogP contribution in [0.15, 0.2) is 22.7 Å². The first kappa shape index (κ1) is 7.32. The summed E-state index contributed by atoms with van der Waals surface area (Å²) in [7, 11) is 0. The second kappa shape index (κ2) is 2.95. The lowest BCUT2D eigenvalue weighted by Crippen LogP contribution is -2.21. The van der Waals surface area contributed by atoms with Gasteiger partial charge in [-0.15, -0.1) is 0 Å². The summed E-state index contributed by atoms with van der Waals surface area (Å²) in [5.74, 6) is 0. The van der Waals surface area contributed by atoms with E-state index >= 15 is 0 Å². The quantitative estimate of drug-likeness (QED) is 0.690. The van der Waals surface area contributed by atoms with Crippen LogP contribution >= 0.6 is 15.9 Å². The molecule has 1 aliphatic rings. The fourth-order valence-corrected chi connectivity index (χ4v) is 1.65. The van der Waals surface area contributed by atoms with Crippen LogP contribution in [-0.4, -0.2) is 6.54 Å². The summed E-state index contributed by atoms with van der Waals surface area (Å²) in [5.41, 5.74) is 2.57. The van der Waals surface area contributed by atoms with E-state index in [1.807, 2.05) is 6.07 Å². The molecule has 1 heterocycles. The number of fused-ring (bicyclic) bond motifs is 1. The van der Waals surface area contributed by atoms with Crippen molar-refractivity contribution in [1.82, 2.24) is 5.32 Å². The van der Waals surface area contributed by atoms with Crippen molar-refractivity contribution >= 4 is 15.9 Å². The third kappa shape index (κ3) is 1.47. The molecule has 0 bridgehead atoms. The Kier molecular flexibility index (Phi) is 1.96. The van der Waals surface area contributed by atoms with E-state index in [1.54, 1.807) is 0 Å². The van der Waals surface area contributed by atoms with Crippen LogP contribution in [0.5, 0.6) is 0 Å². The van der Waals surface area contributed by atoms with Crippen molar-refractivity contribution < 1.29 is 0 Å². The van der Waals surface area contributed by atoms with Crippen molar-refractivity contribution in [3.8, 4) is 0 Å². The SMILES string of the molecule is Brc1ccc2c(c1)CCN[C]2. The minimum Gasteiger partial charge on any atom is -0.303 e. The Morgan fingerprint density at radius 1 is 1.45 bits per heavy atom. The van der Waals surface area contributed by atoms with Crippen molar-refractivity contribution in [2.24, 2.45) is 0 Å². The number of rotatable bonds is 0. The Morgan fingerprint density at radius 3 is 3.27 bits per heavy atom. The van der Waals surface area contributed by atoms with Crippen molar-refractivity contribution in [2.45, 2.75) is 6.42 Å². The Labute approximate surface area is 74.9 Å². The molecule has 2 rings (SSSR count). The van der Waals surface area contributed by atoms with Gasteiger partial charge in [0.1, 0.15) is 0 Å². The van der Waals surface area contributed by atoms with Gasteiger partial charge in [-0.25, -0.2) is 0 Å². The van der Waals surface area contributed by atoms with Crippen LogP contribution in [0.3, 0.4) is 0 Å². The standard InChI is InChI=1S/C9H8BrN/c10-9-2-1-8-6-11-4-3-7(8)5-9/h1-2,5,11H,3-4H2. The maximum atomic E-state index is 3.44. The number of benzene rings is 1. The molecular formula is C9H8BrN. The Balaban J connectivity index is 2.43. The van der Waals surface area contributed by atoms with E-state index in [0.29, 0.717) is 0 Å². The van der Waals surface area contributed by atoms with Gasteiger partial charge in [0, 0.05) is 11.0 Å². The van der Waals surface area contributed by atoms with Gasteiger partial charge in [0.15, 0.2) is 0 Å². The van der Waals surface area contributed by atoms with E-state index in [1.165, 1.54) is 11.1 Å². The largest absolute Gasteiger partial charge is 0.303 e. The molecule has 1 N–H and O–H groups in total. The molecule has 1 aromatic carbocycles. The van der Waals surface area contributed by atoms with Crippen LogP contribution in [0.4, 0.5) is 0 Å². The van der Waals surface area contributed by atoms with Crippen molar-refractivity contribution in [1.29, 1.82) is 0 Å². The van der Waals surface area contributed by atoms with Gasteiger partial charge in [0.25, 0.3) is 0 Å². The fraction of sp³-hybridized carbons (Fsp3) is 0.222. The maximum absolute atomic E-state index is 3.44. The van der Waals surface area contributed by atoms with Gasteiger partial charge in [0.2, 0.25) is 0 Å². The van der Waals surface area contributed by atoms with Gasteiger partial charge in [-0.3, -0.25) is 0 Å². The molecule has 0 saturated heterocycles. The highest BCUT2D eigenvalue weighted by molar-refractivity contribution is 9.10. The van der Waals surface area contributed by atoms with E-state index in [9.17, 15) is 0 Å². The molecule has 0 atom stereocenters. The average Bonchev–Trinajstić information content (AvgIpc) is 2.04. The van der Waals surface area contributed by atoms with Crippen molar-refractivity contribution in [3.63, 3.8) is 0 Å². The molecule has 0 fully saturated rings. The van der Waals surface area contributed by atoms with Crippen LogP contribution in [-0.2, 0) is 6.42 Å². The van der Waals surface area contributed by atoms with E-state index in [-0.39, 0.29) is 0 Å². The normalized spacial score (nSPS) is 16.1. The molecular weight excluding hydrogens is 202 g/mol. The van der Waals surface area contributed by atoms with Gasteiger partial charge in [-0.05, 0) is 29.7 Å². The molecule has 0 amide bonds. The highest BCUT2D eigenvalue weighted by Crippen LogP contribution is 2.19. The van der Waals surface area contributed by atoms with Gasteiger partial charge in [0.05, 0.1) is 6.54 Å². The summed E-state index contributed by atoms with van der Waals surface area (Å²) in [4.78, 5) is 0. The Bertz CT molecular complexity index is 270. The van der Waals surface area contributed by atoms with Crippen molar-refractivity contribution in [3.05, 3.63) is 40.3 Å². The van der Waals surface area contributed by atoms with Gasteiger partial charge >= 0.3 is 0 Å². The first-order valence-electron chi connectivity index (χ1n) is 3.63. The third-order valence-electron chi connectivity index (χ3n) is 1.81. The summed E-state index contributed by atoms with van der Waals surface area (Å²) in [5, 5.41) is 3.10. The zero-order valence-electron chi connectivity index (χ0n) is 6.02. The zero-order chi connectivity index (χ0) is 7.68. The third-order valence-corrected chi connectivity index (χ3v) is 2.30. The van der Waals surface area contributed by atoms with Crippen LogP contribution in [0.2, 0.25) is 0 Å². The Morgan fingerprint density at radius 2 is 2.36 bits per heavy atom. The summed E-state index contributed by atoms with van der Waals surface area (Å²) >= 11 is 3.44. The van der Waals surface area contributed by atoms with Gasteiger partial charge in [-0.2, -0.15) is 0 Å². The topological polar surface area (TPSA) is 12.0 Å². The fourth-order valence-electron chi connectivity index (χ4n) is 1.25. The lowest BCUT2D eigenvalue weighted by Gasteiger charge is -2.15. The molecule has 2 heteroatoms. The highest BCUT2D eigenvalue weighted by Gasteiger charge is 2.08. The lowest BCUT2D eigenvalue weighted by molar-refractivity contribution is 0.752. The van der Waals surface area contributed by atoms with E-state index in [2.05, 4.69) is 39.9 Å². The van der Waals surface area contributed by atoms with Crippen molar-refractivity contribution in [2.75, 3.05) is 6.54 Å². The summed E-state index contributed by atoms with van der Waals surface area (Å²) in [6.45, 7) is 4.12. The molecule has 0 spiro atoms. The van der Waals surface area contributed by atoms with E-state index in [0.717, 1.165) is 17.4 Å². The molecule has 0 aliphatic carbocycles. The minimum atomic E-state index is 1.00. The predicted molar refractivity (Wildman–Crippen MR) is 48.2 cm³/mol. The monoisotopic (exact) mass is 209 g/mol. The number of nitrogens with one attached hydrogen (secondary N) is 1. The average molecular weight is 210 g/mol. The molecule has 0 aromatic heterocycles. The second-order valence-electron chi connectivity index (χ2n) is 2.60. The Hall–Kier alpha value is -0.340. The lowest BCUT2D eigenvalue weighted by atomic mass is 10.0. The number of halogens is 1. The first-order valence-corrected chi connectivity index (χ1v) is 4.43. The molecule has 1 aromatic rings. The van der Waals surface area contributed by atoms with E-state index < -0.39 is 0 Å². The summed E-state index contributed by atoms with van der Waals surface area (Å²) in [6, 6.07) is 6.27. The van der Waals surface area contributed by atoms with Crippen LogP contribution in [0, 0.1) is 6.54 Å². The predicted octanol–water partition coefficient (Wildman–Crippen LogP) is 1.98. The van der Waals surface area contributed by atoms with Crippen LogP contribution in [0.1, 0.15) is 11.1 Å². The number of hydrogen-bond donors (Lipinski definition) is 1. The highest BCUT2D eigenvalue weighted by atomic mass is 79.9. The molecule has 1 aliphatic heterocycles. The smallest absolute Gasteiger partial charge is 0.0936 e. The molecule has 2 radical (unpaired) electrons. The van der Waals surface area contributed by atoms with Gasteiger partial charge < -0.3 is 5.32 Å². The molecule has 1 nitrogen and oxygen atoms in total. The molecule has 0 saturated carbocycles. The summed E-state index contributed by atoms with van der Waals surface area (Å²) in [6.07, 6.45) is 1.10. The minimum absolute atomic E-state index is 1.00. The van der Waals surface area contributed by atoms with Gasteiger partial charge in [-0.1, -0.05) is 22.0 Å². The van der Waals surface area contributed by atoms with Crippen LogP contribution in [0.25, 0.3) is 0 Å². The van der Waals surface area contributed by atoms with Crippen LogP contribution < -0.4 is 5.32 Å². The summed E-state index contributed by atoms with van der Waals surface area (Å²) < 4.78 is 1.15. The maximum Gasteiger partial charge on any atom is 0.0936 e. The number of hydrogen-bond acceptors (Lipinski definition) is 1.